The number of rotatable bonds is 5. The van der Waals surface area contributed by atoms with Crippen molar-refractivity contribution in [1.82, 2.24) is 0 Å². The second kappa shape index (κ2) is 6.29. The van der Waals surface area contributed by atoms with E-state index in [1.807, 2.05) is 37.3 Å². The van der Waals surface area contributed by atoms with Crippen LogP contribution in [0.3, 0.4) is 0 Å². The molecule has 1 aromatic heterocycles. The van der Waals surface area contributed by atoms with Crippen LogP contribution in [0.1, 0.15) is 16.9 Å². The van der Waals surface area contributed by atoms with E-state index < -0.39 is 5.97 Å². The summed E-state index contributed by atoms with van der Waals surface area (Å²) in [7, 11) is 0. The zero-order valence-corrected chi connectivity index (χ0v) is 11.3. The summed E-state index contributed by atoms with van der Waals surface area (Å²) < 4.78 is 5.24. The quantitative estimate of drug-likeness (QED) is 0.662. The van der Waals surface area contributed by atoms with Crippen LogP contribution >= 0.6 is 11.8 Å². The maximum absolute atomic E-state index is 10.5. The van der Waals surface area contributed by atoms with Crippen LogP contribution in [0.2, 0.25) is 0 Å². The highest BCUT2D eigenvalue weighted by Crippen LogP contribution is 2.26. The van der Waals surface area contributed by atoms with Gasteiger partial charge in [0.2, 0.25) is 0 Å². The first kappa shape index (κ1) is 13.5. The molecule has 3 nitrogen and oxygen atoms in total. The third-order valence-electron chi connectivity index (χ3n) is 2.57. The van der Waals surface area contributed by atoms with Crippen LogP contribution in [0.5, 0.6) is 0 Å². The van der Waals surface area contributed by atoms with Crippen molar-refractivity contribution in [3.8, 4) is 0 Å². The Bertz CT molecular complexity index is 599. The number of aliphatic carboxylic acids is 1. The number of benzene rings is 1. The third kappa shape index (κ3) is 4.03. The molecule has 0 bridgehead atoms. The molecular formula is C15H14O3S. The Kier molecular flexibility index (Phi) is 4.47. The van der Waals surface area contributed by atoms with E-state index in [4.69, 9.17) is 9.52 Å². The molecule has 0 amide bonds. The SMILES string of the molecule is Cc1occc1SCc1cccc(/C=C/C(=O)O)c1. The summed E-state index contributed by atoms with van der Waals surface area (Å²) in [6.45, 7) is 1.94. The van der Waals surface area contributed by atoms with Crippen LogP contribution in [0.15, 0.2) is 52.0 Å². The number of furan rings is 1. The monoisotopic (exact) mass is 274 g/mol. The van der Waals surface area contributed by atoms with Gasteiger partial charge in [0.25, 0.3) is 0 Å². The van der Waals surface area contributed by atoms with Crippen LogP contribution in [0, 0.1) is 6.92 Å². The van der Waals surface area contributed by atoms with Crippen molar-refractivity contribution in [3.63, 3.8) is 0 Å². The molecule has 0 saturated heterocycles. The van der Waals surface area contributed by atoms with Gasteiger partial charge in [-0.2, -0.15) is 0 Å². The minimum absolute atomic E-state index is 0.828. The molecule has 0 aliphatic heterocycles. The molecule has 2 aromatic rings. The number of carbonyl (C=O) groups is 1. The van der Waals surface area contributed by atoms with Crippen molar-refractivity contribution in [2.45, 2.75) is 17.6 Å². The van der Waals surface area contributed by atoms with Crippen LogP contribution in [0.25, 0.3) is 6.08 Å². The molecule has 0 aliphatic rings. The number of aryl methyl sites for hydroxylation is 1. The third-order valence-corrected chi connectivity index (χ3v) is 3.79. The summed E-state index contributed by atoms with van der Waals surface area (Å²) in [6, 6.07) is 9.78. The molecule has 0 saturated carbocycles. The van der Waals surface area contributed by atoms with E-state index in [9.17, 15) is 4.79 Å². The second-order valence-electron chi connectivity index (χ2n) is 4.05. The molecular weight excluding hydrogens is 260 g/mol. The van der Waals surface area contributed by atoms with Crippen LogP contribution in [-0.4, -0.2) is 11.1 Å². The van der Waals surface area contributed by atoms with Gasteiger partial charge >= 0.3 is 5.97 Å². The van der Waals surface area contributed by atoms with E-state index in [0.717, 1.165) is 33.6 Å². The highest BCUT2D eigenvalue weighted by atomic mass is 32.2. The van der Waals surface area contributed by atoms with E-state index in [1.165, 1.54) is 0 Å². The summed E-state index contributed by atoms with van der Waals surface area (Å²) in [5, 5.41) is 8.60. The Morgan fingerprint density at radius 2 is 2.26 bits per heavy atom. The summed E-state index contributed by atoms with van der Waals surface area (Å²) in [4.78, 5) is 11.6. The van der Waals surface area contributed by atoms with Gasteiger partial charge < -0.3 is 9.52 Å². The average molecular weight is 274 g/mol. The fourth-order valence-electron chi connectivity index (χ4n) is 1.64. The molecule has 98 valence electrons. The standard InChI is InChI=1S/C15H14O3S/c1-11-14(7-8-18-11)19-10-13-4-2-3-12(9-13)5-6-15(16)17/h2-9H,10H2,1H3,(H,16,17)/b6-5+. The zero-order valence-electron chi connectivity index (χ0n) is 10.5. The lowest BCUT2D eigenvalue weighted by Gasteiger charge is -2.02. The van der Waals surface area contributed by atoms with E-state index in [1.54, 1.807) is 24.1 Å². The van der Waals surface area contributed by atoms with Gasteiger partial charge in [-0.05, 0) is 30.2 Å². The zero-order chi connectivity index (χ0) is 13.7. The molecule has 0 fully saturated rings. The first-order valence-electron chi connectivity index (χ1n) is 5.82. The molecule has 0 radical (unpaired) electrons. The minimum Gasteiger partial charge on any atom is -0.478 e. The number of carboxylic acid groups (broad SMARTS) is 1. The summed E-state index contributed by atoms with van der Waals surface area (Å²) in [5.41, 5.74) is 2.04. The Labute approximate surface area is 115 Å². The fourth-order valence-corrected chi connectivity index (χ4v) is 2.54. The molecule has 1 aromatic carbocycles. The Morgan fingerprint density at radius 1 is 1.42 bits per heavy atom. The Hall–Kier alpha value is -1.94. The lowest BCUT2D eigenvalue weighted by Crippen LogP contribution is -1.86. The van der Waals surface area contributed by atoms with Gasteiger partial charge in [-0.25, -0.2) is 4.79 Å². The lowest BCUT2D eigenvalue weighted by atomic mass is 10.1. The van der Waals surface area contributed by atoms with E-state index in [2.05, 4.69) is 0 Å². The maximum atomic E-state index is 10.5. The van der Waals surface area contributed by atoms with Crippen molar-refractivity contribution in [2.75, 3.05) is 0 Å². The van der Waals surface area contributed by atoms with E-state index >= 15 is 0 Å². The van der Waals surface area contributed by atoms with Crippen molar-refractivity contribution >= 4 is 23.8 Å². The molecule has 4 heteroatoms. The van der Waals surface area contributed by atoms with Gasteiger partial charge in [0.15, 0.2) is 0 Å². The average Bonchev–Trinajstić information content (AvgIpc) is 2.80. The predicted molar refractivity (Wildman–Crippen MR) is 76.1 cm³/mol. The molecule has 1 N–H and O–H groups in total. The Balaban J connectivity index is 2.03. The first-order chi connectivity index (χ1) is 9.15. The number of hydrogen-bond donors (Lipinski definition) is 1. The number of hydrogen-bond acceptors (Lipinski definition) is 3. The van der Waals surface area contributed by atoms with E-state index in [0.29, 0.717) is 0 Å². The fraction of sp³-hybridized carbons (Fsp3) is 0.133. The topological polar surface area (TPSA) is 50.4 Å². The normalized spacial score (nSPS) is 11.0. The highest BCUT2D eigenvalue weighted by Gasteiger charge is 2.02. The smallest absolute Gasteiger partial charge is 0.328 e. The van der Waals surface area contributed by atoms with Crippen molar-refractivity contribution in [2.24, 2.45) is 0 Å². The van der Waals surface area contributed by atoms with Gasteiger partial charge in [-0.1, -0.05) is 24.3 Å². The number of thioether (sulfide) groups is 1. The van der Waals surface area contributed by atoms with Crippen LogP contribution in [-0.2, 0) is 10.5 Å². The van der Waals surface area contributed by atoms with Gasteiger partial charge in [0.1, 0.15) is 5.76 Å². The molecule has 0 unspecified atom stereocenters. The highest BCUT2D eigenvalue weighted by molar-refractivity contribution is 7.98. The number of carboxylic acids is 1. The maximum Gasteiger partial charge on any atom is 0.328 e. The van der Waals surface area contributed by atoms with Crippen molar-refractivity contribution in [3.05, 3.63) is 59.6 Å². The van der Waals surface area contributed by atoms with Crippen LogP contribution < -0.4 is 0 Å². The Morgan fingerprint density at radius 3 is 2.95 bits per heavy atom. The molecule has 1 heterocycles. The first-order valence-corrected chi connectivity index (χ1v) is 6.80. The van der Waals surface area contributed by atoms with Gasteiger partial charge in [0, 0.05) is 16.7 Å². The summed E-state index contributed by atoms with van der Waals surface area (Å²) >= 11 is 1.71. The lowest BCUT2D eigenvalue weighted by molar-refractivity contribution is -0.131. The van der Waals surface area contributed by atoms with E-state index in [-0.39, 0.29) is 0 Å². The second-order valence-corrected chi connectivity index (χ2v) is 5.06. The van der Waals surface area contributed by atoms with Crippen molar-refractivity contribution in [1.29, 1.82) is 0 Å². The largest absolute Gasteiger partial charge is 0.478 e. The molecule has 0 atom stereocenters. The van der Waals surface area contributed by atoms with Gasteiger partial charge in [0.05, 0.1) is 6.26 Å². The molecule has 19 heavy (non-hydrogen) atoms. The molecule has 2 rings (SSSR count). The molecule has 0 aliphatic carbocycles. The van der Waals surface area contributed by atoms with Crippen LogP contribution in [0.4, 0.5) is 0 Å². The molecule has 0 spiro atoms. The van der Waals surface area contributed by atoms with Gasteiger partial charge in [-0.3, -0.25) is 0 Å². The van der Waals surface area contributed by atoms with Crippen molar-refractivity contribution < 1.29 is 14.3 Å². The minimum atomic E-state index is -0.936. The summed E-state index contributed by atoms with van der Waals surface area (Å²) in [5.74, 6) is 0.815. The summed E-state index contributed by atoms with van der Waals surface area (Å²) in [6.07, 6.45) is 4.43. The van der Waals surface area contributed by atoms with Gasteiger partial charge in [-0.15, -0.1) is 11.8 Å². The predicted octanol–water partition coefficient (Wildman–Crippen LogP) is 3.98.